The number of carbonyl (C=O) groups excluding carboxylic acids is 1. The van der Waals surface area contributed by atoms with E-state index in [4.69, 9.17) is 4.74 Å². The van der Waals surface area contributed by atoms with Gasteiger partial charge in [-0.25, -0.2) is 4.39 Å². The molecule has 36 heavy (non-hydrogen) atoms. The van der Waals surface area contributed by atoms with Crippen molar-refractivity contribution in [1.29, 1.82) is 5.26 Å². The van der Waals surface area contributed by atoms with Crippen LogP contribution in [0.2, 0.25) is 0 Å². The predicted molar refractivity (Wildman–Crippen MR) is 136 cm³/mol. The summed E-state index contributed by atoms with van der Waals surface area (Å²) in [6.45, 7) is 4.79. The van der Waals surface area contributed by atoms with E-state index in [0.29, 0.717) is 42.5 Å². The minimum Gasteiger partial charge on any atom is -0.381 e. The van der Waals surface area contributed by atoms with E-state index in [2.05, 4.69) is 15.9 Å². The van der Waals surface area contributed by atoms with Crippen LogP contribution in [0.4, 0.5) is 10.1 Å². The zero-order chi connectivity index (χ0) is 24.4. The number of nitriles is 1. The lowest BCUT2D eigenvalue weighted by atomic mass is 9.62. The van der Waals surface area contributed by atoms with Crippen LogP contribution in [0.1, 0.15) is 64.7 Å². The van der Waals surface area contributed by atoms with Gasteiger partial charge in [0.2, 0.25) is 0 Å². The molecule has 2 aliphatic heterocycles. The molecule has 0 atom stereocenters. The number of ketones is 1. The number of hydrogen-bond donors (Lipinski definition) is 0. The molecule has 1 saturated carbocycles. The highest BCUT2D eigenvalue weighted by Crippen LogP contribution is 2.55. The summed E-state index contributed by atoms with van der Waals surface area (Å²) in [5, 5.41) is 9.42. The number of nitrogens with zero attached hydrogens (tertiary/aromatic N) is 3. The zero-order valence-corrected chi connectivity index (χ0v) is 20.5. The Hall–Kier alpha value is -3.01. The molecule has 7 rings (SSSR count). The Morgan fingerprint density at radius 3 is 2.50 bits per heavy atom. The molecule has 5 nitrogen and oxygen atoms in total. The molecule has 2 aromatic carbocycles. The van der Waals surface area contributed by atoms with Crippen molar-refractivity contribution in [3.63, 3.8) is 0 Å². The van der Waals surface area contributed by atoms with E-state index in [0.717, 1.165) is 66.9 Å². The lowest BCUT2D eigenvalue weighted by molar-refractivity contribution is 0.0602. The number of hydrogen-bond acceptors (Lipinski definition) is 5. The molecule has 0 N–H and O–H groups in total. The number of benzene rings is 2. The van der Waals surface area contributed by atoms with Crippen molar-refractivity contribution in [1.82, 2.24) is 4.90 Å². The third kappa shape index (κ3) is 3.16. The number of carbonyl (C=O) groups is 1. The Labute approximate surface area is 211 Å². The van der Waals surface area contributed by atoms with Crippen molar-refractivity contribution in [2.24, 2.45) is 0 Å². The first kappa shape index (κ1) is 22.2. The molecule has 0 radical (unpaired) electrons. The molecule has 0 bridgehead atoms. The summed E-state index contributed by atoms with van der Waals surface area (Å²) < 4.78 is 21.5. The topological polar surface area (TPSA) is 56.6 Å². The van der Waals surface area contributed by atoms with Crippen LogP contribution >= 0.6 is 0 Å². The molecule has 2 heterocycles. The third-order valence-electron chi connectivity index (χ3n) is 9.42. The van der Waals surface area contributed by atoms with Gasteiger partial charge in [0.05, 0.1) is 17.3 Å². The number of piperazine rings is 1. The van der Waals surface area contributed by atoms with E-state index in [-0.39, 0.29) is 17.0 Å². The van der Waals surface area contributed by atoms with Gasteiger partial charge in [-0.15, -0.1) is 0 Å². The molecule has 3 aliphatic carbocycles. The van der Waals surface area contributed by atoms with E-state index in [9.17, 15) is 10.1 Å². The fourth-order valence-electron chi connectivity index (χ4n) is 7.22. The van der Waals surface area contributed by atoms with Crippen LogP contribution in [0, 0.1) is 17.1 Å². The van der Waals surface area contributed by atoms with Gasteiger partial charge in [0.1, 0.15) is 5.82 Å². The number of allylic oxidation sites excluding steroid dienone is 2. The van der Waals surface area contributed by atoms with Crippen LogP contribution in [0.25, 0.3) is 5.57 Å². The number of anilines is 1. The Bertz CT molecular complexity index is 1340. The maximum absolute atomic E-state index is 15.7. The molecular weight excluding hydrogens is 453 g/mol. The summed E-state index contributed by atoms with van der Waals surface area (Å²) in [4.78, 5) is 18.6. The van der Waals surface area contributed by atoms with Gasteiger partial charge < -0.3 is 9.64 Å². The largest absolute Gasteiger partial charge is 0.381 e. The summed E-state index contributed by atoms with van der Waals surface area (Å²) in [7, 11) is 0. The van der Waals surface area contributed by atoms with Gasteiger partial charge in [-0.05, 0) is 78.6 Å². The van der Waals surface area contributed by atoms with Gasteiger partial charge >= 0.3 is 0 Å². The van der Waals surface area contributed by atoms with Crippen LogP contribution < -0.4 is 4.90 Å². The first-order valence-electron chi connectivity index (χ1n) is 13.3. The van der Waals surface area contributed by atoms with Gasteiger partial charge in [0.25, 0.3) is 0 Å². The fraction of sp³-hybridized carbons (Fsp3) is 0.467. The third-order valence-corrected chi connectivity index (χ3v) is 9.42. The van der Waals surface area contributed by atoms with Crippen LogP contribution in [-0.2, 0) is 16.6 Å². The second-order valence-electron chi connectivity index (χ2n) is 11.0. The number of ether oxygens (including phenoxy) is 1. The van der Waals surface area contributed by atoms with Crippen molar-refractivity contribution in [2.45, 2.75) is 50.0 Å². The molecule has 2 aromatic rings. The SMILES string of the molecule is N#Cc1ccc2c(c1)CC1=C2C(=O)c2cc(F)c(N3CCN(C4CCC4)CC3)cc2C12CCOCC2. The Morgan fingerprint density at radius 2 is 1.81 bits per heavy atom. The molecule has 1 spiro atoms. The van der Waals surface area contributed by atoms with E-state index < -0.39 is 0 Å². The fourth-order valence-corrected chi connectivity index (χ4v) is 7.22. The summed E-state index contributed by atoms with van der Waals surface area (Å²) in [5.74, 6) is -0.385. The number of fused-ring (bicyclic) bond motifs is 5. The standard InChI is InChI=1S/C30H30FN3O2/c31-26-16-23-24(17-27(26)34-10-8-33(9-11-34)21-2-1-3-21)30(6-12-36-13-7-30)25-15-20-14-19(18-32)4-5-22(20)28(25)29(23)35/h4-5,14,16-17,21H,1-3,6-13,15H2. The molecule has 0 amide bonds. The molecule has 0 aromatic heterocycles. The van der Waals surface area contributed by atoms with Gasteiger partial charge in [0.15, 0.2) is 5.78 Å². The average Bonchev–Trinajstić information content (AvgIpc) is 3.27. The minimum atomic E-state index is -0.334. The molecular formula is C30H30FN3O2. The molecule has 5 aliphatic rings. The number of halogens is 1. The maximum atomic E-state index is 15.7. The smallest absolute Gasteiger partial charge is 0.194 e. The average molecular weight is 484 g/mol. The van der Waals surface area contributed by atoms with Crippen LogP contribution in [-0.4, -0.2) is 56.1 Å². The van der Waals surface area contributed by atoms with E-state index in [1.807, 2.05) is 18.2 Å². The normalized spacial score (nSPS) is 23.2. The van der Waals surface area contributed by atoms with Crippen LogP contribution in [0.5, 0.6) is 0 Å². The van der Waals surface area contributed by atoms with Crippen LogP contribution in [0.15, 0.2) is 35.9 Å². The second kappa shape index (κ2) is 8.26. The Kier molecular flexibility index (Phi) is 5.09. The highest BCUT2D eigenvalue weighted by molar-refractivity contribution is 6.33. The highest BCUT2D eigenvalue weighted by Gasteiger charge is 2.49. The van der Waals surface area contributed by atoms with Crippen molar-refractivity contribution in [2.75, 3.05) is 44.3 Å². The van der Waals surface area contributed by atoms with Crippen LogP contribution in [0.3, 0.4) is 0 Å². The first-order chi connectivity index (χ1) is 17.6. The lowest BCUT2D eigenvalue weighted by Gasteiger charge is -2.45. The van der Waals surface area contributed by atoms with Crippen molar-refractivity contribution in [3.05, 3.63) is 69.5 Å². The summed E-state index contributed by atoms with van der Waals surface area (Å²) in [6.07, 6.45) is 6.13. The van der Waals surface area contributed by atoms with Gasteiger partial charge in [0, 0.05) is 62.0 Å². The van der Waals surface area contributed by atoms with Crippen molar-refractivity contribution >= 4 is 17.0 Å². The van der Waals surface area contributed by atoms with Crippen molar-refractivity contribution in [3.8, 4) is 6.07 Å². The van der Waals surface area contributed by atoms with Gasteiger partial charge in [-0.3, -0.25) is 9.69 Å². The Morgan fingerprint density at radius 1 is 1.03 bits per heavy atom. The van der Waals surface area contributed by atoms with E-state index in [1.165, 1.54) is 25.3 Å². The quantitative estimate of drug-likeness (QED) is 0.624. The maximum Gasteiger partial charge on any atom is 0.194 e. The molecule has 3 fully saturated rings. The van der Waals surface area contributed by atoms with E-state index in [1.54, 1.807) is 6.07 Å². The summed E-state index contributed by atoms with van der Waals surface area (Å²) in [6, 6.07) is 12.0. The summed E-state index contributed by atoms with van der Waals surface area (Å²) in [5.41, 5.74) is 6.18. The van der Waals surface area contributed by atoms with Gasteiger partial charge in [-0.2, -0.15) is 5.26 Å². The number of Topliss-reactive ketones (excluding diaryl/α,β-unsaturated/α-hetero) is 1. The second-order valence-corrected chi connectivity index (χ2v) is 11.0. The molecule has 6 heteroatoms. The number of rotatable bonds is 2. The zero-order valence-electron chi connectivity index (χ0n) is 20.5. The Balaban J connectivity index is 1.30. The minimum absolute atomic E-state index is 0.0826. The first-order valence-corrected chi connectivity index (χ1v) is 13.3. The molecule has 2 saturated heterocycles. The predicted octanol–water partition coefficient (Wildman–Crippen LogP) is 4.63. The van der Waals surface area contributed by atoms with E-state index >= 15 is 4.39 Å². The van der Waals surface area contributed by atoms with Crippen molar-refractivity contribution < 1.29 is 13.9 Å². The lowest BCUT2D eigenvalue weighted by Crippen LogP contribution is -2.52. The summed E-state index contributed by atoms with van der Waals surface area (Å²) >= 11 is 0. The highest BCUT2D eigenvalue weighted by atomic mass is 19.1. The van der Waals surface area contributed by atoms with Gasteiger partial charge in [-0.1, -0.05) is 12.5 Å². The molecule has 0 unspecified atom stereocenters. The molecule has 184 valence electrons. The monoisotopic (exact) mass is 483 g/mol.